The largest absolute Gasteiger partial charge is 0.474 e. The van der Waals surface area contributed by atoms with Crippen molar-refractivity contribution >= 4 is 5.91 Å². The van der Waals surface area contributed by atoms with Gasteiger partial charge in [-0.05, 0) is 50.9 Å². The number of nitrogens with one attached hydrogen (secondary N) is 2. The fourth-order valence-electron chi connectivity index (χ4n) is 4.31. The van der Waals surface area contributed by atoms with Gasteiger partial charge in [0.15, 0.2) is 6.61 Å². The number of halogens is 1. The highest BCUT2D eigenvalue weighted by molar-refractivity contribution is 5.77. The number of amides is 1. The molecule has 27 heavy (non-hydrogen) atoms. The highest BCUT2D eigenvalue weighted by atomic mass is 19.1. The molecule has 8 heteroatoms. The Morgan fingerprint density at radius 3 is 2.67 bits per heavy atom. The van der Waals surface area contributed by atoms with Crippen molar-refractivity contribution in [2.24, 2.45) is 17.8 Å². The number of H-pyrrole nitrogens is 1. The molecule has 2 fully saturated rings. The van der Waals surface area contributed by atoms with Crippen LogP contribution in [0.3, 0.4) is 0 Å². The predicted octanol–water partition coefficient (Wildman–Crippen LogP) is 2.41. The van der Waals surface area contributed by atoms with Crippen molar-refractivity contribution in [1.82, 2.24) is 15.3 Å². The minimum absolute atomic E-state index is 0.330. The lowest BCUT2D eigenvalue weighted by molar-refractivity contribution is -0.123. The van der Waals surface area contributed by atoms with Crippen LogP contribution < -0.4 is 20.5 Å². The average molecular weight is 381 g/mol. The van der Waals surface area contributed by atoms with E-state index in [2.05, 4.69) is 15.3 Å². The first kappa shape index (κ1) is 19.6. The number of aromatic nitrogens is 2. The first-order valence-electron chi connectivity index (χ1n) is 9.76. The van der Waals surface area contributed by atoms with Crippen molar-refractivity contribution in [2.45, 2.75) is 58.5 Å². The van der Waals surface area contributed by atoms with Gasteiger partial charge in [-0.3, -0.25) is 9.78 Å². The number of aromatic amines is 1. The summed E-state index contributed by atoms with van der Waals surface area (Å²) in [5, 5.41) is 2.86. The molecule has 1 heterocycles. The Bertz CT molecular complexity index is 709. The molecule has 0 radical (unpaired) electrons. The predicted molar refractivity (Wildman–Crippen MR) is 97.3 cm³/mol. The number of fused-ring (bicyclic) bond motifs is 2. The number of hydrogen-bond donors (Lipinski definition) is 2. The third-order valence-electron chi connectivity index (χ3n) is 5.32. The second-order valence-electron chi connectivity index (χ2n) is 7.99. The smallest absolute Gasteiger partial charge is 0.351 e. The van der Waals surface area contributed by atoms with E-state index in [0.29, 0.717) is 12.5 Å². The lowest BCUT2D eigenvalue weighted by Crippen LogP contribution is -2.37. The van der Waals surface area contributed by atoms with Gasteiger partial charge in [-0.2, -0.15) is 9.37 Å². The van der Waals surface area contributed by atoms with Gasteiger partial charge in [-0.1, -0.05) is 19.3 Å². The van der Waals surface area contributed by atoms with E-state index in [-0.39, 0.29) is 17.9 Å². The van der Waals surface area contributed by atoms with E-state index in [9.17, 15) is 14.0 Å². The van der Waals surface area contributed by atoms with Crippen LogP contribution in [0.5, 0.6) is 11.8 Å². The van der Waals surface area contributed by atoms with Gasteiger partial charge in [-0.25, -0.2) is 4.79 Å². The van der Waals surface area contributed by atoms with E-state index < -0.39 is 24.0 Å². The van der Waals surface area contributed by atoms with Gasteiger partial charge < -0.3 is 14.8 Å². The summed E-state index contributed by atoms with van der Waals surface area (Å²) in [6.45, 7) is 3.62. The van der Waals surface area contributed by atoms with Gasteiger partial charge in [0.2, 0.25) is 11.7 Å². The fraction of sp³-hybridized carbons (Fsp3) is 0.737. The normalized spacial score (nSPS) is 24.5. The van der Waals surface area contributed by atoms with Crippen LogP contribution in [-0.4, -0.2) is 35.1 Å². The Hall–Kier alpha value is -2.12. The van der Waals surface area contributed by atoms with E-state index in [1.807, 2.05) is 0 Å². The summed E-state index contributed by atoms with van der Waals surface area (Å²) in [5.41, 5.74) is -0.795. The Morgan fingerprint density at radius 2 is 2.00 bits per heavy atom. The lowest BCUT2D eigenvalue weighted by Gasteiger charge is -2.39. The number of nitrogens with zero attached hydrogens (tertiary/aromatic N) is 1. The molecule has 3 rings (SSSR count). The number of carbonyl (C=O) groups is 1. The third-order valence-corrected chi connectivity index (χ3v) is 5.32. The van der Waals surface area contributed by atoms with E-state index in [1.54, 1.807) is 13.8 Å². The zero-order valence-electron chi connectivity index (χ0n) is 15.9. The Labute approximate surface area is 158 Å². The maximum absolute atomic E-state index is 14.3. The standard InChI is InChI=1S/C19H28FN3O4/c1-11(2)27-18-16(20)17(22-19(25)23-18)26-10-15(24)21-9-14-7-12-4-3-5-13(6-12)8-14/h11-14H,3-10H2,1-2H3,(H,21,24)(H,22,23,25). The summed E-state index contributed by atoms with van der Waals surface area (Å²) < 4.78 is 24.6. The summed E-state index contributed by atoms with van der Waals surface area (Å²) in [4.78, 5) is 29.2. The SMILES string of the molecule is CC(C)Oc1[nH]c(=O)nc(OCC(=O)NCC2CC3CCCC(C3)C2)c1F. The van der Waals surface area contributed by atoms with Crippen molar-refractivity contribution in [2.75, 3.05) is 13.2 Å². The van der Waals surface area contributed by atoms with Crippen molar-refractivity contribution in [1.29, 1.82) is 0 Å². The monoisotopic (exact) mass is 381 g/mol. The van der Waals surface area contributed by atoms with Crippen molar-refractivity contribution in [3.8, 4) is 11.8 Å². The van der Waals surface area contributed by atoms with Crippen LogP contribution >= 0.6 is 0 Å². The molecule has 2 unspecified atom stereocenters. The molecule has 2 aliphatic carbocycles. The molecule has 0 saturated heterocycles. The minimum Gasteiger partial charge on any atom is -0.474 e. The average Bonchev–Trinajstić information content (AvgIpc) is 2.60. The van der Waals surface area contributed by atoms with Crippen LogP contribution in [0.15, 0.2) is 4.79 Å². The van der Waals surface area contributed by atoms with E-state index in [0.717, 1.165) is 24.7 Å². The number of ether oxygens (including phenoxy) is 2. The number of hydrogen-bond acceptors (Lipinski definition) is 5. The summed E-state index contributed by atoms with van der Waals surface area (Å²) in [6, 6.07) is 0. The van der Waals surface area contributed by atoms with Crippen LogP contribution in [0, 0.1) is 23.6 Å². The molecule has 1 aromatic rings. The van der Waals surface area contributed by atoms with Gasteiger partial charge in [0.05, 0.1) is 6.10 Å². The lowest BCUT2D eigenvalue weighted by atomic mass is 9.68. The first-order valence-corrected chi connectivity index (χ1v) is 9.76. The van der Waals surface area contributed by atoms with Crippen LogP contribution in [0.4, 0.5) is 4.39 Å². The second kappa shape index (κ2) is 8.71. The molecule has 7 nitrogen and oxygen atoms in total. The van der Waals surface area contributed by atoms with Crippen molar-refractivity contribution < 1.29 is 18.7 Å². The third kappa shape index (κ3) is 5.43. The fourth-order valence-corrected chi connectivity index (χ4v) is 4.31. The van der Waals surface area contributed by atoms with Gasteiger partial charge in [0.25, 0.3) is 11.8 Å². The molecule has 2 saturated carbocycles. The van der Waals surface area contributed by atoms with Gasteiger partial charge in [-0.15, -0.1) is 0 Å². The quantitative estimate of drug-likeness (QED) is 0.757. The van der Waals surface area contributed by atoms with Gasteiger partial charge >= 0.3 is 5.69 Å². The van der Waals surface area contributed by atoms with Crippen molar-refractivity contribution in [3.63, 3.8) is 0 Å². The van der Waals surface area contributed by atoms with Crippen LogP contribution in [0.1, 0.15) is 52.4 Å². The maximum Gasteiger partial charge on any atom is 0.351 e. The molecule has 2 N–H and O–H groups in total. The molecule has 2 aliphatic rings. The van der Waals surface area contributed by atoms with Crippen LogP contribution in [0.2, 0.25) is 0 Å². The minimum atomic E-state index is -0.920. The number of carbonyl (C=O) groups excluding carboxylic acids is 1. The Morgan fingerprint density at radius 1 is 1.30 bits per heavy atom. The topological polar surface area (TPSA) is 93.3 Å². The van der Waals surface area contributed by atoms with E-state index in [4.69, 9.17) is 9.47 Å². The Kier molecular flexibility index (Phi) is 6.34. The maximum atomic E-state index is 14.3. The zero-order valence-corrected chi connectivity index (χ0v) is 15.9. The summed E-state index contributed by atoms with van der Waals surface area (Å²) in [7, 11) is 0. The van der Waals surface area contributed by atoms with E-state index in [1.165, 1.54) is 25.7 Å². The second-order valence-corrected chi connectivity index (χ2v) is 7.99. The molecular weight excluding hydrogens is 353 g/mol. The highest BCUT2D eigenvalue weighted by Gasteiger charge is 2.31. The number of rotatable bonds is 7. The van der Waals surface area contributed by atoms with Gasteiger partial charge in [0, 0.05) is 6.54 Å². The zero-order chi connectivity index (χ0) is 19.4. The summed E-state index contributed by atoms with van der Waals surface area (Å²) in [6.07, 6.45) is 7.27. The molecule has 0 spiro atoms. The molecule has 2 bridgehead atoms. The highest BCUT2D eigenvalue weighted by Crippen LogP contribution is 2.42. The van der Waals surface area contributed by atoms with E-state index >= 15 is 0 Å². The Balaban J connectivity index is 1.49. The summed E-state index contributed by atoms with van der Waals surface area (Å²) in [5.74, 6) is -0.0483. The van der Waals surface area contributed by atoms with Crippen molar-refractivity contribution in [3.05, 3.63) is 16.3 Å². The molecule has 1 amide bonds. The summed E-state index contributed by atoms with van der Waals surface area (Å²) >= 11 is 0. The molecule has 150 valence electrons. The van der Waals surface area contributed by atoms with Gasteiger partial charge in [0.1, 0.15) is 0 Å². The molecule has 0 aromatic carbocycles. The first-order chi connectivity index (χ1) is 12.9. The van der Waals surface area contributed by atoms with Crippen LogP contribution in [0.25, 0.3) is 0 Å². The molecule has 0 aliphatic heterocycles. The molecule has 2 atom stereocenters. The van der Waals surface area contributed by atoms with Crippen LogP contribution in [-0.2, 0) is 4.79 Å². The molecular formula is C19H28FN3O4. The molecule has 1 aromatic heterocycles.